The molecule has 0 unspecified atom stereocenters. The smallest absolute Gasteiger partial charge is 0.414 e. The summed E-state index contributed by atoms with van der Waals surface area (Å²) in [7, 11) is 0. The molecular weight excluding hydrogens is 270 g/mol. The largest absolute Gasteiger partial charge is 0.446 e. The molecular formula is C12H14BrNO2. The molecule has 1 heterocycles. The normalized spacial score (nSPS) is 14.1. The molecule has 0 spiro atoms. The second-order valence-corrected chi connectivity index (χ2v) is 5.02. The average molecular weight is 284 g/mol. The molecule has 2 rings (SSSR count). The Morgan fingerprint density at radius 2 is 2.25 bits per heavy atom. The van der Waals surface area contributed by atoms with Gasteiger partial charge in [0, 0.05) is 11.0 Å². The van der Waals surface area contributed by atoms with Gasteiger partial charge in [-0.25, -0.2) is 4.79 Å². The maximum Gasteiger partial charge on any atom is 0.414 e. The highest BCUT2D eigenvalue weighted by molar-refractivity contribution is 9.10. The van der Waals surface area contributed by atoms with Crippen molar-refractivity contribution >= 4 is 27.7 Å². The van der Waals surface area contributed by atoms with Gasteiger partial charge in [-0.15, -0.1) is 0 Å². The molecule has 16 heavy (non-hydrogen) atoms. The highest BCUT2D eigenvalue weighted by atomic mass is 79.9. The number of carbonyl (C=O) groups excluding carboxylic acids is 1. The zero-order valence-corrected chi connectivity index (χ0v) is 11.0. The molecule has 0 fully saturated rings. The number of anilines is 1. The summed E-state index contributed by atoms with van der Waals surface area (Å²) in [5, 5.41) is 0. The van der Waals surface area contributed by atoms with Crippen LogP contribution in [0.3, 0.4) is 0 Å². The Balaban J connectivity index is 2.20. The molecule has 1 aliphatic heterocycles. The Labute approximate surface area is 104 Å². The Bertz CT molecular complexity index is 417. The summed E-state index contributed by atoms with van der Waals surface area (Å²) >= 11 is 3.43. The molecule has 3 nitrogen and oxygen atoms in total. The minimum atomic E-state index is -0.254. The van der Waals surface area contributed by atoms with Crippen molar-refractivity contribution in [2.24, 2.45) is 0 Å². The SMILES string of the molecule is CC(C)OC(=O)N1CCc2cc(Br)ccc21. The first-order valence-electron chi connectivity index (χ1n) is 5.34. The first-order chi connectivity index (χ1) is 7.58. The summed E-state index contributed by atoms with van der Waals surface area (Å²) in [5.41, 5.74) is 2.16. The highest BCUT2D eigenvalue weighted by Crippen LogP contribution is 2.30. The molecule has 1 aromatic carbocycles. The van der Waals surface area contributed by atoms with Crippen molar-refractivity contribution in [3.05, 3.63) is 28.2 Å². The standard InChI is InChI=1S/C12H14BrNO2/c1-8(2)16-12(15)14-6-5-9-7-10(13)3-4-11(9)14/h3-4,7-8H,5-6H2,1-2H3. The van der Waals surface area contributed by atoms with Gasteiger partial charge in [0.15, 0.2) is 0 Å². The molecule has 0 bridgehead atoms. The van der Waals surface area contributed by atoms with Crippen molar-refractivity contribution in [1.82, 2.24) is 0 Å². The lowest BCUT2D eigenvalue weighted by Gasteiger charge is -2.18. The van der Waals surface area contributed by atoms with Crippen molar-refractivity contribution in [2.75, 3.05) is 11.4 Å². The van der Waals surface area contributed by atoms with Crippen LogP contribution in [0.5, 0.6) is 0 Å². The van der Waals surface area contributed by atoms with Gasteiger partial charge in [0.1, 0.15) is 0 Å². The van der Waals surface area contributed by atoms with E-state index in [4.69, 9.17) is 4.74 Å². The van der Waals surface area contributed by atoms with Gasteiger partial charge in [-0.3, -0.25) is 4.90 Å². The van der Waals surface area contributed by atoms with E-state index in [0.717, 1.165) is 16.6 Å². The van der Waals surface area contributed by atoms with Crippen LogP contribution in [0.25, 0.3) is 0 Å². The second-order valence-electron chi connectivity index (χ2n) is 4.11. The fourth-order valence-corrected chi connectivity index (χ4v) is 2.23. The summed E-state index contributed by atoms with van der Waals surface area (Å²) in [5.74, 6) is 0. The van der Waals surface area contributed by atoms with Crippen molar-refractivity contribution in [1.29, 1.82) is 0 Å². The molecule has 0 saturated carbocycles. The molecule has 1 aromatic rings. The van der Waals surface area contributed by atoms with Gasteiger partial charge in [-0.1, -0.05) is 15.9 Å². The molecule has 0 aliphatic carbocycles. The number of carbonyl (C=O) groups is 1. The number of hydrogen-bond acceptors (Lipinski definition) is 2. The van der Waals surface area contributed by atoms with Crippen LogP contribution in [0.15, 0.2) is 22.7 Å². The number of halogens is 1. The summed E-state index contributed by atoms with van der Waals surface area (Å²) in [6.07, 6.45) is 0.560. The van der Waals surface area contributed by atoms with Gasteiger partial charge in [0.2, 0.25) is 0 Å². The lowest BCUT2D eigenvalue weighted by atomic mass is 10.2. The first-order valence-corrected chi connectivity index (χ1v) is 6.14. The zero-order valence-electron chi connectivity index (χ0n) is 9.37. The summed E-state index contributed by atoms with van der Waals surface area (Å²) in [6, 6.07) is 5.95. The summed E-state index contributed by atoms with van der Waals surface area (Å²) in [4.78, 5) is 13.5. The van der Waals surface area contributed by atoms with E-state index >= 15 is 0 Å². The van der Waals surface area contributed by atoms with Gasteiger partial charge >= 0.3 is 6.09 Å². The number of rotatable bonds is 1. The quantitative estimate of drug-likeness (QED) is 0.791. The Kier molecular flexibility index (Phi) is 3.19. The van der Waals surface area contributed by atoms with E-state index in [1.165, 1.54) is 5.56 Å². The Hall–Kier alpha value is -1.03. The maximum atomic E-state index is 11.8. The molecule has 0 radical (unpaired) electrons. The zero-order chi connectivity index (χ0) is 11.7. The van der Waals surface area contributed by atoms with Crippen molar-refractivity contribution in [2.45, 2.75) is 26.4 Å². The number of nitrogens with zero attached hydrogens (tertiary/aromatic N) is 1. The summed E-state index contributed by atoms with van der Waals surface area (Å²) in [6.45, 7) is 4.42. The fourth-order valence-electron chi connectivity index (χ4n) is 1.83. The van der Waals surface area contributed by atoms with Crippen LogP contribution in [-0.4, -0.2) is 18.7 Å². The van der Waals surface area contributed by atoms with Crippen LogP contribution in [0.2, 0.25) is 0 Å². The van der Waals surface area contributed by atoms with Crippen LogP contribution in [0, 0.1) is 0 Å². The molecule has 0 N–H and O–H groups in total. The van der Waals surface area contributed by atoms with E-state index in [1.54, 1.807) is 4.90 Å². The maximum absolute atomic E-state index is 11.8. The first kappa shape index (κ1) is 11.5. The van der Waals surface area contributed by atoms with Gasteiger partial charge in [0.05, 0.1) is 11.8 Å². The molecule has 0 aromatic heterocycles. The van der Waals surface area contributed by atoms with E-state index in [-0.39, 0.29) is 12.2 Å². The van der Waals surface area contributed by atoms with Crippen LogP contribution in [0.4, 0.5) is 10.5 Å². The molecule has 4 heteroatoms. The Morgan fingerprint density at radius 3 is 2.94 bits per heavy atom. The molecule has 86 valence electrons. The van der Waals surface area contributed by atoms with Crippen LogP contribution >= 0.6 is 15.9 Å². The predicted molar refractivity (Wildman–Crippen MR) is 66.8 cm³/mol. The molecule has 1 aliphatic rings. The van der Waals surface area contributed by atoms with Crippen LogP contribution < -0.4 is 4.90 Å². The van der Waals surface area contributed by atoms with E-state index < -0.39 is 0 Å². The monoisotopic (exact) mass is 283 g/mol. The molecule has 1 amide bonds. The molecule has 0 atom stereocenters. The van der Waals surface area contributed by atoms with Gasteiger partial charge < -0.3 is 4.74 Å². The van der Waals surface area contributed by atoms with Crippen molar-refractivity contribution in [3.63, 3.8) is 0 Å². The van der Waals surface area contributed by atoms with E-state index in [1.807, 2.05) is 26.0 Å². The molecule has 0 saturated heterocycles. The van der Waals surface area contributed by atoms with Gasteiger partial charge in [-0.05, 0) is 44.0 Å². The highest BCUT2D eigenvalue weighted by Gasteiger charge is 2.26. The van der Waals surface area contributed by atoms with Crippen LogP contribution in [0.1, 0.15) is 19.4 Å². The number of amides is 1. The minimum Gasteiger partial charge on any atom is -0.446 e. The van der Waals surface area contributed by atoms with Gasteiger partial charge in [-0.2, -0.15) is 0 Å². The van der Waals surface area contributed by atoms with Crippen molar-refractivity contribution in [3.8, 4) is 0 Å². The summed E-state index contributed by atoms with van der Waals surface area (Å²) < 4.78 is 6.24. The third kappa shape index (κ3) is 2.21. The Morgan fingerprint density at radius 1 is 1.50 bits per heavy atom. The lowest BCUT2D eigenvalue weighted by Crippen LogP contribution is -2.31. The van der Waals surface area contributed by atoms with Crippen molar-refractivity contribution < 1.29 is 9.53 Å². The fraction of sp³-hybridized carbons (Fsp3) is 0.417. The van der Waals surface area contributed by atoms with E-state index in [9.17, 15) is 4.79 Å². The average Bonchev–Trinajstić information content (AvgIpc) is 2.59. The lowest BCUT2D eigenvalue weighted by molar-refractivity contribution is 0.123. The number of fused-ring (bicyclic) bond motifs is 1. The second kappa shape index (κ2) is 4.45. The predicted octanol–water partition coefficient (Wildman–Crippen LogP) is 3.36. The third-order valence-electron chi connectivity index (χ3n) is 2.49. The topological polar surface area (TPSA) is 29.5 Å². The van der Waals surface area contributed by atoms with Crippen LogP contribution in [-0.2, 0) is 11.2 Å². The minimum absolute atomic E-state index is 0.0769. The third-order valence-corrected chi connectivity index (χ3v) is 2.99. The number of ether oxygens (including phenoxy) is 1. The number of benzene rings is 1. The van der Waals surface area contributed by atoms with Gasteiger partial charge in [0.25, 0.3) is 0 Å². The van der Waals surface area contributed by atoms with E-state index in [0.29, 0.717) is 6.54 Å². The number of hydrogen-bond donors (Lipinski definition) is 0. The van der Waals surface area contributed by atoms with E-state index in [2.05, 4.69) is 22.0 Å².